The van der Waals surface area contributed by atoms with Crippen molar-refractivity contribution in [2.24, 2.45) is 38.6 Å². The molecule has 0 heterocycles. The summed E-state index contributed by atoms with van der Waals surface area (Å²) in [4.78, 5) is 0. The summed E-state index contributed by atoms with van der Waals surface area (Å²) in [6, 6.07) is 0. The molecule has 0 spiro atoms. The van der Waals surface area contributed by atoms with Gasteiger partial charge in [0, 0.05) is 18.8 Å². The first kappa shape index (κ1) is 15.8. The van der Waals surface area contributed by atoms with Gasteiger partial charge in [0.2, 0.25) is 0 Å². The van der Waals surface area contributed by atoms with E-state index < -0.39 is 0 Å². The van der Waals surface area contributed by atoms with Crippen molar-refractivity contribution in [3.05, 3.63) is 0 Å². The van der Waals surface area contributed by atoms with Gasteiger partial charge >= 0.3 is 0 Å². The first-order chi connectivity index (χ1) is 8.54. The van der Waals surface area contributed by atoms with E-state index in [1.807, 2.05) is 0 Å². The highest BCUT2D eigenvalue weighted by atomic mass is 16.4. The van der Waals surface area contributed by atoms with Gasteiger partial charge in [0.25, 0.3) is 0 Å². The van der Waals surface area contributed by atoms with Crippen molar-refractivity contribution in [3.63, 3.8) is 0 Å². The van der Waals surface area contributed by atoms with Gasteiger partial charge in [-0.15, -0.1) is 0 Å². The van der Waals surface area contributed by atoms with Gasteiger partial charge in [-0.2, -0.15) is 0 Å². The molecule has 0 aliphatic rings. The molecule has 18 heavy (non-hydrogen) atoms. The van der Waals surface area contributed by atoms with Crippen LogP contribution >= 0.6 is 0 Å². The van der Waals surface area contributed by atoms with E-state index in [9.17, 15) is 0 Å². The van der Waals surface area contributed by atoms with Crippen LogP contribution in [0, 0.1) is 5.92 Å². The number of hydrogen-bond donors (Lipinski definition) is 6. The fourth-order valence-corrected chi connectivity index (χ4v) is 1.47. The van der Waals surface area contributed by atoms with Gasteiger partial charge in [-0.05, 0) is 19.3 Å². The van der Waals surface area contributed by atoms with Crippen molar-refractivity contribution in [1.82, 2.24) is 0 Å². The van der Waals surface area contributed by atoms with E-state index in [0.29, 0.717) is 32.1 Å². The van der Waals surface area contributed by atoms with E-state index in [4.69, 9.17) is 32.8 Å². The molecule has 9 heteroatoms. The van der Waals surface area contributed by atoms with Crippen LogP contribution in [0.1, 0.15) is 32.1 Å². The molecule has 0 aliphatic heterocycles. The van der Waals surface area contributed by atoms with Crippen molar-refractivity contribution >= 4 is 17.5 Å². The lowest BCUT2D eigenvalue weighted by Gasteiger charge is -2.14. The highest BCUT2D eigenvalue weighted by molar-refractivity contribution is 5.84. The SMILES string of the molecule is NC(CCCC(CCC(N)=NO)C(N)=NO)=NO. The zero-order chi connectivity index (χ0) is 14.0. The molecule has 0 aliphatic carbocycles. The molecule has 0 saturated heterocycles. The number of hydrogen-bond acceptors (Lipinski definition) is 6. The molecule has 0 rings (SSSR count). The van der Waals surface area contributed by atoms with Crippen molar-refractivity contribution in [2.45, 2.75) is 32.1 Å². The number of nitrogens with zero attached hydrogens (tertiary/aromatic N) is 3. The zero-order valence-electron chi connectivity index (χ0n) is 10.0. The monoisotopic (exact) mass is 260 g/mol. The second-order valence-electron chi connectivity index (χ2n) is 3.84. The third-order valence-corrected chi connectivity index (χ3v) is 2.53. The molecule has 0 bridgehead atoms. The molecule has 1 unspecified atom stereocenters. The Bertz CT molecular complexity index is 328. The summed E-state index contributed by atoms with van der Waals surface area (Å²) in [5.41, 5.74) is 16.2. The fourth-order valence-electron chi connectivity index (χ4n) is 1.47. The molecular formula is C9H20N6O3. The maximum absolute atomic E-state index is 8.65. The van der Waals surface area contributed by atoms with Crippen LogP contribution in [0.5, 0.6) is 0 Å². The summed E-state index contributed by atoms with van der Waals surface area (Å²) in [5.74, 6) is 0.0916. The Morgan fingerprint density at radius 3 is 1.89 bits per heavy atom. The lowest BCUT2D eigenvalue weighted by atomic mass is 9.95. The van der Waals surface area contributed by atoms with Crippen LogP contribution in [0.15, 0.2) is 15.5 Å². The normalized spacial score (nSPS) is 15.7. The van der Waals surface area contributed by atoms with E-state index in [1.54, 1.807) is 0 Å². The molecule has 0 saturated carbocycles. The number of oxime groups is 3. The highest BCUT2D eigenvalue weighted by Crippen LogP contribution is 2.15. The van der Waals surface area contributed by atoms with Crippen molar-refractivity contribution in [2.75, 3.05) is 0 Å². The van der Waals surface area contributed by atoms with Crippen LogP contribution in [0.2, 0.25) is 0 Å². The maximum Gasteiger partial charge on any atom is 0.142 e. The minimum Gasteiger partial charge on any atom is -0.409 e. The fraction of sp³-hybridized carbons (Fsp3) is 0.667. The summed E-state index contributed by atoms with van der Waals surface area (Å²) in [6.07, 6.45) is 2.44. The van der Waals surface area contributed by atoms with Gasteiger partial charge in [0.05, 0.1) is 0 Å². The molecule has 0 radical (unpaired) electrons. The minimum atomic E-state index is -0.207. The van der Waals surface area contributed by atoms with E-state index in [2.05, 4.69) is 15.5 Å². The highest BCUT2D eigenvalue weighted by Gasteiger charge is 2.15. The summed E-state index contributed by atoms with van der Waals surface area (Å²) in [7, 11) is 0. The largest absolute Gasteiger partial charge is 0.409 e. The van der Waals surface area contributed by atoms with Crippen LogP contribution < -0.4 is 17.2 Å². The Morgan fingerprint density at radius 1 is 0.833 bits per heavy atom. The molecule has 0 aromatic heterocycles. The standard InChI is InChI=1S/C9H20N6O3/c10-7(13-16)3-1-2-6(9(12)15-18)4-5-8(11)14-17/h6,16-18H,1-5H2,(H2,10,13)(H2,11,14)(H2,12,15). The number of amidine groups is 3. The van der Waals surface area contributed by atoms with E-state index >= 15 is 0 Å². The molecule has 9 nitrogen and oxygen atoms in total. The topological polar surface area (TPSA) is 176 Å². The van der Waals surface area contributed by atoms with Gasteiger partial charge in [-0.25, -0.2) is 0 Å². The lowest BCUT2D eigenvalue weighted by molar-refractivity contribution is 0.310. The molecule has 0 fully saturated rings. The average Bonchev–Trinajstić information content (AvgIpc) is 2.40. The van der Waals surface area contributed by atoms with Crippen LogP contribution in [-0.4, -0.2) is 33.1 Å². The number of rotatable bonds is 8. The quantitative estimate of drug-likeness (QED) is 0.152. The van der Waals surface area contributed by atoms with Crippen LogP contribution in [0.4, 0.5) is 0 Å². The van der Waals surface area contributed by atoms with Gasteiger partial charge in [0.15, 0.2) is 0 Å². The van der Waals surface area contributed by atoms with Crippen molar-refractivity contribution in [3.8, 4) is 0 Å². The summed E-state index contributed by atoms with van der Waals surface area (Å²) >= 11 is 0. The summed E-state index contributed by atoms with van der Waals surface area (Å²) in [6.45, 7) is 0. The van der Waals surface area contributed by atoms with Gasteiger partial charge in [0.1, 0.15) is 17.5 Å². The summed E-state index contributed by atoms with van der Waals surface area (Å²) < 4.78 is 0. The third-order valence-electron chi connectivity index (χ3n) is 2.53. The molecule has 104 valence electrons. The first-order valence-electron chi connectivity index (χ1n) is 5.45. The average molecular weight is 260 g/mol. The smallest absolute Gasteiger partial charge is 0.142 e. The van der Waals surface area contributed by atoms with Crippen LogP contribution in [0.3, 0.4) is 0 Å². The number of nitrogens with two attached hydrogens (primary N) is 3. The van der Waals surface area contributed by atoms with Crippen LogP contribution in [-0.2, 0) is 0 Å². The van der Waals surface area contributed by atoms with E-state index in [-0.39, 0.29) is 23.4 Å². The molecule has 0 amide bonds. The lowest BCUT2D eigenvalue weighted by Crippen LogP contribution is -2.26. The third kappa shape index (κ3) is 6.40. The van der Waals surface area contributed by atoms with Gasteiger partial charge in [-0.1, -0.05) is 15.5 Å². The Morgan fingerprint density at radius 2 is 1.39 bits per heavy atom. The Balaban J connectivity index is 4.25. The van der Waals surface area contributed by atoms with E-state index in [0.717, 1.165) is 0 Å². The van der Waals surface area contributed by atoms with Gasteiger partial charge < -0.3 is 32.8 Å². The first-order valence-corrected chi connectivity index (χ1v) is 5.45. The van der Waals surface area contributed by atoms with Crippen LogP contribution in [0.25, 0.3) is 0 Å². The predicted octanol–water partition coefficient (Wildman–Crippen LogP) is -0.208. The second kappa shape index (κ2) is 8.90. The Labute approximate surface area is 105 Å². The summed E-state index contributed by atoms with van der Waals surface area (Å²) in [5, 5.41) is 34.1. The molecule has 1 atom stereocenters. The molecule has 9 N–H and O–H groups in total. The predicted molar refractivity (Wildman–Crippen MR) is 66.8 cm³/mol. The Hall–Kier alpha value is -2.19. The zero-order valence-corrected chi connectivity index (χ0v) is 10.0. The van der Waals surface area contributed by atoms with Crippen molar-refractivity contribution in [1.29, 1.82) is 0 Å². The maximum atomic E-state index is 8.65. The van der Waals surface area contributed by atoms with E-state index in [1.165, 1.54) is 0 Å². The van der Waals surface area contributed by atoms with Gasteiger partial charge in [-0.3, -0.25) is 0 Å². The Kier molecular flexibility index (Phi) is 7.82. The minimum absolute atomic E-state index is 0.0836. The second-order valence-corrected chi connectivity index (χ2v) is 3.84. The molecule has 0 aromatic rings. The molecular weight excluding hydrogens is 240 g/mol. The van der Waals surface area contributed by atoms with Crippen molar-refractivity contribution < 1.29 is 15.6 Å². The molecule has 0 aromatic carbocycles.